The summed E-state index contributed by atoms with van der Waals surface area (Å²) in [4.78, 5) is 22.0. The van der Waals surface area contributed by atoms with Crippen LogP contribution in [0.2, 0.25) is 0 Å². The SMILES string of the molecule is [N-]=[N+]=N/C(=C\C(=O)O)C(=O)O. The van der Waals surface area contributed by atoms with E-state index < -0.39 is 17.6 Å². The first kappa shape index (κ1) is 8.99. The molecule has 0 aromatic heterocycles. The van der Waals surface area contributed by atoms with Crippen LogP contribution in [0.5, 0.6) is 0 Å². The van der Waals surface area contributed by atoms with E-state index in [9.17, 15) is 9.59 Å². The Kier molecular flexibility index (Phi) is 3.20. The van der Waals surface area contributed by atoms with Crippen molar-refractivity contribution in [2.75, 3.05) is 0 Å². The summed E-state index contributed by atoms with van der Waals surface area (Å²) in [5.41, 5.74) is 6.91. The number of nitrogens with zero attached hydrogens (tertiary/aromatic N) is 3. The van der Waals surface area contributed by atoms with Crippen molar-refractivity contribution in [3.8, 4) is 0 Å². The monoisotopic (exact) mass is 157 g/mol. The zero-order valence-electron chi connectivity index (χ0n) is 5.13. The molecule has 2 N–H and O–H groups in total. The Hall–Kier alpha value is -2.01. The molecule has 0 aliphatic rings. The first-order valence-electron chi connectivity index (χ1n) is 2.31. The van der Waals surface area contributed by atoms with Crippen molar-refractivity contribution in [1.82, 2.24) is 0 Å². The molecule has 0 unspecified atom stereocenters. The lowest BCUT2D eigenvalue weighted by molar-refractivity contribution is -0.135. The molecule has 0 spiro atoms. The zero-order valence-corrected chi connectivity index (χ0v) is 5.13. The fourth-order valence-corrected chi connectivity index (χ4v) is 0.299. The van der Waals surface area contributed by atoms with Gasteiger partial charge in [0.2, 0.25) is 0 Å². The zero-order chi connectivity index (χ0) is 8.85. The smallest absolute Gasteiger partial charge is 0.338 e. The molecule has 7 heteroatoms. The van der Waals surface area contributed by atoms with Crippen molar-refractivity contribution in [2.45, 2.75) is 0 Å². The fourth-order valence-electron chi connectivity index (χ4n) is 0.299. The summed E-state index contributed by atoms with van der Waals surface area (Å²) in [6, 6.07) is 0. The molecular formula is C4H3N3O4. The van der Waals surface area contributed by atoms with E-state index in [1.165, 1.54) is 0 Å². The van der Waals surface area contributed by atoms with Crippen LogP contribution >= 0.6 is 0 Å². The van der Waals surface area contributed by atoms with Crippen LogP contribution < -0.4 is 0 Å². The van der Waals surface area contributed by atoms with Gasteiger partial charge in [0.1, 0.15) is 5.70 Å². The summed E-state index contributed by atoms with van der Waals surface area (Å²) in [6.07, 6.45) is 0.308. The minimum atomic E-state index is -1.58. The van der Waals surface area contributed by atoms with Gasteiger partial charge in [0.05, 0.1) is 0 Å². The Morgan fingerprint density at radius 2 is 2.00 bits per heavy atom. The van der Waals surface area contributed by atoms with Crippen molar-refractivity contribution in [3.63, 3.8) is 0 Å². The highest BCUT2D eigenvalue weighted by molar-refractivity contribution is 5.94. The third kappa shape index (κ3) is 3.55. The molecule has 0 rings (SSSR count). The van der Waals surface area contributed by atoms with E-state index >= 15 is 0 Å². The summed E-state index contributed by atoms with van der Waals surface area (Å²) in [5, 5.41) is 18.8. The predicted octanol–water partition coefficient (Wildman–Crippen LogP) is 0.350. The molecular weight excluding hydrogens is 154 g/mol. The van der Waals surface area contributed by atoms with Crippen molar-refractivity contribution in [2.24, 2.45) is 5.11 Å². The summed E-state index contributed by atoms with van der Waals surface area (Å²) in [6.45, 7) is 0. The number of carbonyl (C=O) groups is 2. The number of carboxylic acids is 2. The molecule has 0 heterocycles. The van der Waals surface area contributed by atoms with Crippen LogP contribution in [-0.4, -0.2) is 22.2 Å². The summed E-state index contributed by atoms with van der Waals surface area (Å²) in [5.74, 6) is -3.06. The lowest BCUT2D eigenvalue weighted by atomic mass is 10.4. The molecule has 0 saturated carbocycles. The minimum Gasteiger partial charge on any atom is -0.478 e. The van der Waals surface area contributed by atoms with Gasteiger partial charge >= 0.3 is 11.9 Å². The van der Waals surface area contributed by atoms with Gasteiger partial charge in [-0.15, -0.1) is 0 Å². The van der Waals surface area contributed by atoms with Crippen molar-refractivity contribution in [1.29, 1.82) is 0 Å². The van der Waals surface area contributed by atoms with Crippen molar-refractivity contribution >= 4 is 11.9 Å². The first-order valence-corrected chi connectivity index (χ1v) is 2.31. The molecule has 0 amide bonds. The Labute approximate surface area is 60.2 Å². The Morgan fingerprint density at radius 3 is 2.27 bits per heavy atom. The maximum absolute atomic E-state index is 10.0. The van der Waals surface area contributed by atoms with Crippen LogP contribution in [0, 0.1) is 0 Å². The molecule has 7 nitrogen and oxygen atoms in total. The number of hydrogen-bond donors (Lipinski definition) is 2. The number of hydrogen-bond acceptors (Lipinski definition) is 3. The van der Waals surface area contributed by atoms with Gasteiger partial charge in [0.25, 0.3) is 0 Å². The van der Waals surface area contributed by atoms with Crippen LogP contribution in [0.15, 0.2) is 16.9 Å². The molecule has 0 aliphatic carbocycles. The average molecular weight is 157 g/mol. The number of rotatable bonds is 3. The average Bonchev–Trinajstić information content (AvgIpc) is 1.86. The van der Waals surface area contributed by atoms with Gasteiger partial charge in [0.15, 0.2) is 0 Å². The van der Waals surface area contributed by atoms with Gasteiger partial charge in [-0.3, -0.25) is 0 Å². The van der Waals surface area contributed by atoms with Crippen molar-refractivity contribution < 1.29 is 19.8 Å². The third-order valence-corrected chi connectivity index (χ3v) is 0.632. The summed E-state index contributed by atoms with van der Waals surface area (Å²) in [7, 11) is 0. The molecule has 0 bridgehead atoms. The highest BCUT2D eigenvalue weighted by Gasteiger charge is 2.05. The van der Waals surface area contributed by atoms with Gasteiger partial charge < -0.3 is 10.2 Å². The molecule has 0 fully saturated rings. The van der Waals surface area contributed by atoms with Crippen LogP contribution in [-0.2, 0) is 9.59 Å². The topological polar surface area (TPSA) is 123 Å². The lowest BCUT2D eigenvalue weighted by Crippen LogP contribution is -2.00. The van der Waals surface area contributed by atoms with E-state index in [4.69, 9.17) is 15.7 Å². The molecule has 58 valence electrons. The molecule has 0 aromatic rings. The van der Waals surface area contributed by atoms with E-state index in [-0.39, 0.29) is 0 Å². The normalized spacial score (nSPS) is 10.0. The largest absolute Gasteiger partial charge is 0.478 e. The Balaban J connectivity index is 4.73. The molecule has 0 atom stereocenters. The predicted molar refractivity (Wildman–Crippen MR) is 32.5 cm³/mol. The number of azide groups is 1. The fraction of sp³-hybridized carbons (Fsp3) is 0. The molecule has 0 aliphatic heterocycles. The van der Waals surface area contributed by atoms with Gasteiger partial charge in [-0.2, -0.15) is 0 Å². The van der Waals surface area contributed by atoms with Crippen molar-refractivity contribution in [3.05, 3.63) is 22.2 Å². The van der Waals surface area contributed by atoms with E-state index in [1.54, 1.807) is 0 Å². The van der Waals surface area contributed by atoms with Gasteiger partial charge in [-0.05, 0) is 5.53 Å². The van der Waals surface area contributed by atoms with Gasteiger partial charge in [0, 0.05) is 11.0 Å². The highest BCUT2D eigenvalue weighted by Crippen LogP contribution is 1.96. The maximum atomic E-state index is 10.0. The molecule has 0 aromatic carbocycles. The molecule has 0 saturated heterocycles. The minimum absolute atomic E-state index is 0.308. The maximum Gasteiger partial charge on any atom is 0.338 e. The van der Waals surface area contributed by atoms with Gasteiger partial charge in [-0.25, -0.2) is 9.59 Å². The van der Waals surface area contributed by atoms with E-state index in [0.717, 1.165) is 0 Å². The second kappa shape index (κ2) is 3.91. The summed E-state index contributed by atoms with van der Waals surface area (Å²) < 4.78 is 0. The van der Waals surface area contributed by atoms with Crippen LogP contribution in [0.1, 0.15) is 0 Å². The lowest BCUT2D eigenvalue weighted by Gasteiger charge is -1.86. The third-order valence-electron chi connectivity index (χ3n) is 0.632. The van der Waals surface area contributed by atoms with Crippen LogP contribution in [0.25, 0.3) is 10.4 Å². The second-order valence-electron chi connectivity index (χ2n) is 1.36. The molecule has 0 radical (unpaired) electrons. The second-order valence-corrected chi connectivity index (χ2v) is 1.36. The standard InChI is InChI=1S/C4H3N3O4/c5-7-6-2(4(10)11)1-3(8)9/h1H,(H,8,9)(H,10,11)/b2-1-. The number of carboxylic acid groups (broad SMARTS) is 2. The first-order chi connectivity index (χ1) is 5.07. The molecule has 11 heavy (non-hydrogen) atoms. The Bertz CT molecular complexity index is 259. The van der Waals surface area contributed by atoms with E-state index in [0.29, 0.717) is 6.08 Å². The number of aliphatic carboxylic acids is 2. The van der Waals surface area contributed by atoms with Crippen LogP contribution in [0.3, 0.4) is 0 Å². The Morgan fingerprint density at radius 1 is 1.45 bits per heavy atom. The quantitative estimate of drug-likeness (QED) is 0.265. The summed E-state index contributed by atoms with van der Waals surface area (Å²) >= 11 is 0. The highest BCUT2D eigenvalue weighted by atomic mass is 16.4. The van der Waals surface area contributed by atoms with E-state index in [1.807, 2.05) is 0 Å². The van der Waals surface area contributed by atoms with Crippen LogP contribution in [0.4, 0.5) is 0 Å². The van der Waals surface area contributed by atoms with E-state index in [2.05, 4.69) is 10.0 Å². The van der Waals surface area contributed by atoms with Gasteiger partial charge in [-0.1, -0.05) is 5.11 Å².